The monoisotopic (exact) mass is 220 g/mol. The molecule has 0 aromatic carbocycles. The van der Waals surface area contributed by atoms with E-state index in [9.17, 15) is 9.59 Å². The van der Waals surface area contributed by atoms with E-state index in [2.05, 4.69) is 4.98 Å². The Hall–Kier alpha value is -1.91. The molecule has 16 heavy (non-hydrogen) atoms. The van der Waals surface area contributed by atoms with Gasteiger partial charge in [0.1, 0.15) is 6.04 Å². The summed E-state index contributed by atoms with van der Waals surface area (Å²) in [6.45, 7) is 0.512. The van der Waals surface area contributed by atoms with Gasteiger partial charge in [0.05, 0.1) is 0 Å². The molecule has 1 fully saturated rings. The summed E-state index contributed by atoms with van der Waals surface area (Å²) in [6.07, 6.45) is 4.33. The van der Waals surface area contributed by atoms with Crippen molar-refractivity contribution in [3.05, 3.63) is 30.1 Å². The van der Waals surface area contributed by atoms with Crippen molar-refractivity contribution in [3.8, 4) is 0 Å². The van der Waals surface area contributed by atoms with Crippen molar-refractivity contribution < 1.29 is 14.7 Å². The molecule has 0 radical (unpaired) electrons. The van der Waals surface area contributed by atoms with Crippen LogP contribution in [0.3, 0.4) is 0 Å². The summed E-state index contributed by atoms with van der Waals surface area (Å²) in [4.78, 5) is 28.2. The first-order chi connectivity index (χ1) is 7.70. The number of nitrogens with zero attached hydrogens (tertiary/aromatic N) is 2. The Morgan fingerprint density at radius 2 is 2.06 bits per heavy atom. The van der Waals surface area contributed by atoms with Gasteiger partial charge in [-0.05, 0) is 25.0 Å². The summed E-state index contributed by atoms with van der Waals surface area (Å²) in [5, 5.41) is 8.97. The van der Waals surface area contributed by atoms with Gasteiger partial charge >= 0.3 is 5.97 Å². The smallest absolute Gasteiger partial charge is 0.326 e. The zero-order chi connectivity index (χ0) is 11.5. The van der Waals surface area contributed by atoms with Crippen LogP contribution in [-0.4, -0.2) is 39.5 Å². The van der Waals surface area contributed by atoms with Crippen molar-refractivity contribution >= 4 is 11.9 Å². The Kier molecular flexibility index (Phi) is 2.85. The molecule has 84 valence electrons. The molecule has 1 amide bonds. The third kappa shape index (κ3) is 1.88. The number of hydrogen-bond donors (Lipinski definition) is 1. The van der Waals surface area contributed by atoms with E-state index in [1.54, 1.807) is 12.1 Å². The lowest BCUT2D eigenvalue weighted by atomic mass is 10.2. The maximum absolute atomic E-state index is 12.0. The zero-order valence-corrected chi connectivity index (χ0v) is 8.67. The van der Waals surface area contributed by atoms with Crippen LogP contribution in [0.15, 0.2) is 24.5 Å². The topological polar surface area (TPSA) is 70.5 Å². The van der Waals surface area contributed by atoms with Crippen LogP contribution in [0.1, 0.15) is 23.2 Å². The summed E-state index contributed by atoms with van der Waals surface area (Å²) in [7, 11) is 0. The van der Waals surface area contributed by atoms with Crippen LogP contribution in [0.4, 0.5) is 0 Å². The van der Waals surface area contributed by atoms with Crippen LogP contribution in [0.2, 0.25) is 0 Å². The summed E-state index contributed by atoms with van der Waals surface area (Å²) >= 11 is 0. The number of pyridine rings is 1. The van der Waals surface area contributed by atoms with Gasteiger partial charge < -0.3 is 10.0 Å². The lowest BCUT2D eigenvalue weighted by Gasteiger charge is -2.21. The lowest BCUT2D eigenvalue weighted by molar-refractivity contribution is -0.141. The van der Waals surface area contributed by atoms with Crippen LogP contribution in [0, 0.1) is 0 Å². The van der Waals surface area contributed by atoms with Gasteiger partial charge in [-0.1, -0.05) is 0 Å². The molecule has 1 aromatic heterocycles. The number of aliphatic carboxylic acids is 1. The Labute approximate surface area is 92.7 Å². The molecule has 1 aliphatic heterocycles. The maximum Gasteiger partial charge on any atom is 0.326 e. The summed E-state index contributed by atoms with van der Waals surface area (Å²) in [6, 6.07) is 2.51. The predicted octanol–water partition coefficient (Wildman–Crippen LogP) is 0.771. The molecule has 0 spiro atoms. The van der Waals surface area contributed by atoms with Crippen LogP contribution < -0.4 is 0 Å². The molecule has 0 aliphatic carbocycles. The summed E-state index contributed by atoms with van der Waals surface area (Å²) in [5.41, 5.74) is 0.489. The van der Waals surface area contributed by atoms with Gasteiger partial charge in [0.25, 0.3) is 5.91 Å². The number of amides is 1. The predicted molar refractivity (Wildman–Crippen MR) is 55.9 cm³/mol. The highest BCUT2D eigenvalue weighted by Gasteiger charge is 2.34. The van der Waals surface area contributed by atoms with E-state index in [1.165, 1.54) is 17.3 Å². The third-order valence-corrected chi connectivity index (χ3v) is 2.73. The van der Waals surface area contributed by atoms with E-state index in [-0.39, 0.29) is 5.91 Å². The first kappa shape index (κ1) is 10.6. The molecule has 1 atom stereocenters. The van der Waals surface area contributed by atoms with E-state index in [1.807, 2.05) is 0 Å². The average Bonchev–Trinajstić information content (AvgIpc) is 2.78. The van der Waals surface area contributed by atoms with E-state index in [0.29, 0.717) is 18.5 Å². The molecule has 5 heteroatoms. The molecule has 1 N–H and O–H groups in total. The SMILES string of the molecule is O=C(O)[C@H]1CCCN1C(=O)c1ccncc1. The quantitative estimate of drug-likeness (QED) is 0.799. The van der Waals surface area contributed by atoms with Crippen molar-refractivity contribution in [2.45, 2.75) is 18.9 Å². The first-order valence-electron chi connectivity index (χ1n) is 5.14. The third-order valence-electron chi connectivity index (χ3n) is 2.73. The lowest BCUT2D eigenvalue weighted by Crippen LogP contribution is -2.40. The van der Waals surface area contributed by atoms with Gasteiger partial charge in [0.2, 0.25) is 0 Å². The van der Waals surface area contributed by atoms with Crippen LogP contribution in [0.5, 0.6) is 0 Å². The van der Waals surface area contributed by atoms with Gasteiger partial charge in [-0.3, -0.25) is 9.78 Å². The molecule has 2 heterocycles. The Balaban J connectivity index is 2.19. The number of carbonyl (C=O) groups is 2. The van der Waals surface area contributed by atoms with E-state index in [4.69, 9.17) is 5.11 Å². The molecule has 2 rings (SSSR count). The molecule has 5 nitrogen and oxygen atoms in total. The molecule has 1 aromatic rings. The Morgan fingerprint density at radius 1 is 1.38 bits per heavy atom. The van der Waals surface area contributed by atoms with E-state index in [0.717, 1.165) is 6.42 Å². The van der Waals surface area contributed by atoms with Crippen LogP contribution in [-0.2, 0) is 4.79 Å². The van der Waals surface area contributed by atoms with Crippen molar-refractivity contribution in [2.24, 2.45) is 0 Å². The Bertz CT molecular complexity index is 405. The van der Waals surface area contributed by atoms with Crippen molar-refractivity contribution in [1.29, 1.82) is 0 Å². The summed E-state index contributed by atoms with van der Waals surface area (Å²) in [5.74, 6) is -1.16. The van der Waals surface area contributed by atoms with E-state index >= 15 is 0 Å². The highest BCUT2D eigenvalue weighted by molar-refractivity contribution is 5.96. The number of carbonyl (C=O) groups excluding carboxylic acids is 1. The van der Waals surface area contributed by atoms with Gasteiger partial charge in [-0.25, -0.2) is 4.79 Å². The minimum atomic E-state index is -0.931. The van der Waals surface area contributed by atoms with Gasteiger partial charge in [0, 0.05) is 24.5 Å². The second-order valence-corrected chi connectivity index (χ2v) is 3.73. The fraction of sp³-hybridized carbons (Fsp3) is 0.364. The number of rotatable bonds is 2. The van der Waals surface area contributed by atoms with Crippen LogP contribution >= 0.6 is 0 Å². The minimum absolute atomic E-state index is 0.229. The Morgan fingerprint density at radius 3 is 2.69 bits per heavy atom. The number of carboxylic acids is 1. The highest BCUT2D eigenvalue weighted by atomic mass is 16.4. The highest BCUT2D eigenvalue weighted by Crippen LogP contribution is 2.19. The largest absolute Gasteiger partial charge is 0.480 e. The molecule has 1 saturated heterocycles. The van der Waals surface area contributed by atoms with E-state index < -0.39 is 12.0 Å². The van der Waals surface area contributed by atoms with Crippen molar-refractivity contribution in [1.82, 2.24) is 9.88 Å². The van der Waals surface area contributed by atoms with Gasteiger partial charge in [0.15, 0.2) is 0 Å². The standard InChI is InChI=1S/C11H12N2O3/c14-10(8-3-5-12-6-4-8)13-7-1-2-9(13)11(15)16/h3-6,9H,1-2,7H2,(H,15,16)/t9-/m1/s1. The molecule has 0 bridgehead atoms. The number of aromatic nitrogens is 1. The number of carboxylic acid groups (broad SMARTS) is 1. The van der Waals surface area contributed by atoms with Crippen molar-refractivity contribution in [2.75, 3.05) is 6.54 Å². The number of likely N-dealkylation sites (tertiary alicyclic amines) is 1. The summed E-state index contributed by atoms with van der Waals surface area (Å²) < 4.78 is 0. The minimum Gasteiger partial charge on any atom is -0.480 e. The number of hydrogen-bond acceptors (Lipinski definition) is 3. The average molecular weight is 220 g/mol. The second-order valence-electron chi connectivity index (χ2n) is 3.73. The second kappa shape index (κ2) is 4.30. The molecular weight excluding hydrogens is 208 g/mol. The van der Waals surface area contributed by atoms with Crippen LogP contribution in [0.25, 0.3) is 0 Å². The van der Waals surface area contributed by atoms with Gasteiger partial charge in [-0.15, -0.1) is 0 Å². The normalized spacial score (nSPS) is 19.8. The fourth-order valence-electron chi connectivity index (χ4n) is 1.93. The molecular formula is C11H12N2O3. The molecule has 0 saturated carbocycles. The maximum atomic E-state index is 12.0. The van der Waals surface area contributed by atoms with Crippen molar-refractivity contribution in [3.63, 3.8) is 0 Å². The molecule has 0 unspecified atom stereocenters. The fourth-order valence-corrected chi connectivity index (χ4v) is 1.93. The molecule has 1 aliphatic rings. The zero-order valence-electron chi connectivity index (χ0n) is 8.67. The first-order valence-corrected chi connectivity index (χ1v) is 5.14. The van der Waals surface area contributed by atoms with Gasteiger partial charge in [-0.2, -0.15) is 0 Å².